The van der Waals surface area contributed by atoms with E-state index in [2.05, 4.69) is 45.1 Å². The Balaban J connectivity index is 0.00000147. The van der Waals surface area contributed by atoms with Gasteiger partial charge in [0.2, 0.25) is 0 Å². The van der Waals surface area contributed by atoms with Crippen molar-refractivity contribution in [3.05, 3.63) is 34.3 Å². The molecule has 1 saturated heterocycles. The maximum atomic E-state index is 3.57. The minimum absolute atomic E-state index is 0. The Morgan fingerprint density at radius 2 is 1.35 bits per heavy atom. The molecule has 0 unspecified atom stereocenters. The van der Waals surface area contributed by atoms with Crippen LogP contribution in [0.15, 0.2) is 28.7 Å². The Morgan fingerprint density at radius 3 is 1.95 bits per heavy atom. The molecule has 0 spiro atoms. The Hall–Kier alpha value is -0.0500. The molecule has 1 aliphatic carbocycles. The van der Waals surface area contributed by atoms with E-state index in [4.69, 9.17) is 0 Å². The van der Waals surface area contributed by atoms with Crippen molar-refractivity contribution in [2.24, 2.45) is 0 Å². The average molecular weight is 359 g/mol. The number of piperidine rings is 1. The second kappa shape index (κ2) is 7.29. The van der Waals surface area contributed by atoms with E-state index >= 15 is 0 Å². The number of hydrogen-bond donors (Lipinski definition) is 0. The Morgan fingerprint density at radius 1 is 0.800 bits per heavy atom. The molecule has 0 N–H and O–H groups in total. The first-order chi connectivity index (χ1) is 9.31. The standard InChI is InChI=1S/C17H24BrN.ClH/c18-16-9-7-15(8-10-16)17(11-3-1-4-12-17)19-13-5-2-6-14-19;/h7-10H,1-6,11-14H2;1H. The topological polar surface area (TPSA) is 3.24 Å². The summed E-state index contributed by atoms with van der Waals surface area (Å²) in [6.45, 7) is 2.60. The number of likely N-dealkylation sites (tertiary alicyclic amines) is 1. The molecule has 3 heteroatoms. The molecule has 0 bridgehead atoms. The van der Waals surface area contributed by atoms with Crippen LogP contribution < -0.4 is 0 Å². The largest absolute Gasteiger partial charge is 0.294 e. The highest BCUT2D eigenvalue weighted by Gasteiger charge is 2.39. The third-order valence-corrected chi connectivity index (χ3v) is 5.55. The summed E-state index contributed by atoms with van der Waals surface area (Å²) in [5, 5.41) is 0. The first-order valence-electron chi connectivity index (χ1n) is 7.82. The van der Waals surface area contributed by atoms with Gasteiger partial charge >= 0.3 is 0 Å². The molecule has 0 amide bonds. The van der Waals surface area contributed by atoms with Gasteiger partial charge in [0.05, 0.1) is 0 Å². The Bertz CT molecular complexity index is 406. The van der Waals surface area contributed by atoms with Gasteiger partial charge in [-0.2, -0.15) is 0 Å². The van der Waals surface area contributed by atoms with Crippen LogP contribution in [-0.2, 0) is 5.54 Å². The van der Waals surface area contributed by atoms with Crippen LogP contribution in [0.1, 0.15) is 56.9 Å². The fourth-order valence-corrected chi connectivity index (χ4v) is 4.27. The van der Waals surface area contributed by atoms with Crippen molar-refractivity contribution < 1.29 is 0 Å². The second-order valence-electron chi connectivity index (χ2n) is 6.15. The normalized spacial score (nSPS) is 23.1. The van der Waals surface area contributed by atoms with Crippen molar-refractivity contribution in [3.8, 4) is 0 Å². The Kier molecular flexibility index (Phi) is 5.95. The van der Waals surface area contributed by atoms with Gasteiger partial charge in [0.1, 0.15) is 0 Å². The minimum Gasteiger partial charge on any atom is -0.294 e. The van der Waals surface area contributed by atoms with E-state index < -0.39 is 0 Å². The highest BCUT2D eigenvalue weighted by atomic mass is 79.9. The van der Waals surface area contributed by atoms with Gasteiger partial charge in [-0.15, -0.1) is 12.4 Å². The fourth-order valence-electron chi connectivity index (χ4n) is 4.01. The SMILES string of the molecule is Brc1ccc(C2(N3CCCCC3)CCCCC2)cc1.Cl. The van der Waals surface area contributed by atoms with Gasteiger partial charge in [0.15, 0.2) is 0 Å². The first kappa shape index (κ1) is 16.3. The zero-order valence-electron chi connectivity index (χ0n) is 12.1. The number of rotatable bonds is 2. The summed E-state index contributed by atoms with van der Waals surface area (Å²) in [4.78, 5) is 2.80. The molecule has 112 valence electrons. The van der Waals surface area contributed by atoms with Crippen LogP contribution in [-0.4, -0.2) is 18.0 Å². The van der Waals surface area contributed by atoms with Gasteiger partial charge < -0.3 is 0 Å². The van der Waals surface area contributed by atoms with Crippen LogP contribution in [0.4, 0.5) is 0 Å². The number of nitrogens with zero attached hydrogens (tertiary/aromatic N) is 1. The van der Waals surface area contributed by atoms with Crippen LogP contribution >= 0.6 is 28.3 Å². The monoisotopic (exact) mass is 357 g/mol. The van der Waals surface area contributed by atoms with Crippen molar-refractivity contribution in [3.63, 3.8) is 0 Å². The van der Waals surface area contributed by atoms with E-state index in [1.165, 1.54) is 68.9 Å². The van der Waals surface area contributed by atoms with Gasteiger partial charge in [-0.25, -0.2) is 0 Å². The van der Waals surface area contributed by atoms with Crippen molar-refractivity contribution in [1.82, 2.24) is 4.90 Å². The molecule has 1 nitrogen and oxygen atoms in total. The van der Waals surface area contributed by atoms with E-state index in [1.807, 2.05) is 0 Å². The molecule has 1 aromatic rings. The van der Waals surface area contributed by atoms with Gasteiger partial charge in [0.25, 0.3) is 0 Å². The van der Waals surface area contributed by atoms with Gasteiger partial charge in [-0.05, 0) is 56.5 Å². The molecule has 3 rings (SSSR count). The molecule has 1 saturated carbocycles. The molecule has 1 aliphatic heterocycles. The first-order valence-corrected chi connectivity index (χ1v) is 8.62. The van der Waals surface area contributed by atoms with Crippen molar-refractivity contribution in [2.75, 3.05) is 13.1 Å². The molecule has 1 aromatic carbocycles. The number of halogens is 2. The summed E-state index contributed by atoms with van der Waals surface area (Å²) in [7, 11) is 0. The van der Waals surface area contributed by atoms with Crippen molar-refractivity contribution in [1.29, 1.82) is 0 Å². The lowest BCUT2D eigenvalue weighted by molar-refractivity contribution is 0.0303. The van der Waals surface area contributed by atoms with Crippen molar-refractivity contribution in [2.45, 2.75) is 56.9 Å². The van der Waals surface area contributed by atoms with Crippen LogP contribution in [0.2, 0.25) is 0 Å². The van der Waals surface area contributed by atoms with Gasteiger partial charge in [0, 0.05) is 10.0 Å². The summed E-state index contributed by atoms with van der Waals surface area (Å²) < 4.78 is 1.20. The molecule has 20 heavy (non-hydrogen) atoms. The summed E-state index contributed by atoms with van der Waals surface area (Å²) in [5.41, 5.74) is 1.90. The number of benzene rings is 1. The molecule has 1 heterocycles. The van der Waals surface area contributed by atoms with Crippen LogP contribution in [0.25, 0.3) is 0 Å². The van der Waals surface area contributed by atoms with E-state index in [1.54, 1.807) is 5.56 Å². The highest BCUT2D eigenvalue weighted by molar-refractivity contribution is 9.10. The average Bonchev–Trinajstić information content (AvgIpc) is 2.49. The lowest BCUT2D eigenvalue weighted by atomic mass is 9.74. The molecular weight excluding hydrogens is 334 g/mol. The van der Waals surface area contributed by atoms with Gasteiger partial charge in [-0.3, -0.25) is 4.90 Å². The fraction of sp³-hybridized carbons (Fsp3) is 0.647. The smallest absolute Gasteiger partial charge is 0.0460 e. The maximum absolute atomic E-state index is 3.57. The molecular formula is C17H25BrClN. The van der Waals surface area contributed by atoms with E-state index in [0.717, 1.165) is 0 Å². The quantitative estimate of drug-likeness (QED) is 0.673. The van der Waals surface area contributed by atoms with E-state index in [0.29, 0.717) is 5.54 Å². The lowest BCUT2D eigenvalue weighted by Crippen LogP contribution is -2.49. The molecule has 0 radical (unpaired) electrons. The Labute approximate surface area is 137 Å². The minimum atomic E-state index is 0. The lowest BCUT2D eigenvalue weighted by Gasteiger charge is -2.48. The zero-order valence-corrected chi connectivity index (χ0v) is 14.5. The predicted molar refractivity (Wildman–Crippen MR) is 91.6 cm³/mol. The summed E-state index contributed by atoms with van der Waals surface area (Å²) in [5.74, 6) is 0. The summed E-state index contributed by atoms with van der Waals surface area (Å²) >= 11 is 3.57. The second-order valence-corrected chi connectivity index (χ2v) is 7.06. The van der Waals surface area contributed by atoms with Gasteiger partial charge in [-0.1, -0.05) is 53.7 Å². The zero-order chi connectivity index (χ0) is 13.1. The van der Waals surface area contributed by atoms with Crippen LogP contribution in [0, 0.1) is 0 Å². The van der Waals surface area contributed by atoms with Crippen LogP contribution in [0.5, 0.6) is 0 Å². The van der Waals surface area contributed by atoms with Crippen LogP contribution in [0.3, 0.4) is 0 Å². The molecule has 2 fully saturated rings. The summed E-state index contributed by atoms with van der Waals surface area (Å²) in [6, 6.07) is 9.14. The molecule has 0 atom stereocenters. The predicted octanol–water partition coefficient (Wildman–Crippen LogP) is 5.52. The maximum Gasteiger partial charge on any atom is 0.0460 e. The van der Waals surface area contributed by atoms with E-state index in [9.17, 15) is 0 Å². The highest BCUT2D eigenvalue weighted by Crippen LogP contribution is 2.43. The third kappa shape index (κ3) is 3.23. The molecule has 0 aromatic heterocycles. The molecule has 2 aliphatic rings. The summed E-state index contributed by atoms with van der Waals surface area (Å²) in [6.07, 6.45) is 11.1. The van der Waals surface area contributed by atoms with E-state index in [-0.39, 0.29) is 12.4 Å². The number of hydrogen-bond acceptors (Lipinski definition) is 1. The van der Waals surface area contributed by atoms with Crippen molar-refractivity contribution >= 4 is 28.3 Å². The third-order valence-electron chi connectivity index (χ3n) is 5.02.